The quantitative estimate of drug-likeness (QED) is 0.847. The lowest BCUT2D eigenvalue weighted by Crippen LogP contribution is -2.37. The van der Waals surface area contributed by atoms with Gasteiger partial charge in [0.1, 0.15) is 5.75 Å². The molecule has 1 aromatic carbocycles. The van der Waals surface area contributed by atoms with Crippen LogP contribution in [0.15, 0.2) is 40.2 Å². The highest BCUT2D eigenvalue weighted by Crippen LogP contribution is 2.33. The van der Waals surface area contributed by atoms with Crippen molar-refractivity contribution in [1.82, 2.24) is 0 Å². The molecule has 0 fully saturated rings. The zero-order valence-electron chi connectivity index (χ0n) is 9.43. The van der Waals surface area contributed by atoms with Gasteiger partial charge in [0.05, 0.1) is 16.0 Å². The van der Waals surface area contributed by atoms with Gasteiger partial charge in [-0.15, -0.1) is 11.3 Å². The molecular weight excluding hydrogens is 314 g/mol. The van der Waals surface area contributed by atoms with E-state index in [9.17, 15) is 4.79 Å². The minimum atomic E-state index is -0.00165. The van der Waals surface area contributed by atoms with E-state index < -0.39 is 0 Å². The maximum atomic E-state index is 12.0. The maximum Gasteiger partial charge on any atom is 0.265 e. The molecule has 0 unspecified atom stereocenters. The third kappa shape index (κ3) is 2.15. The molecule has 1 aliphatic heterocycles. The molecule has 0 atom stereocenters. The second-order valence-corrected chi connectivity index (χ2v) is 6.49. The number of hydrogen-bond acceptors (Lipinski definition) is 3. The van der Waals surface area contributed by atoms with Crippen molar-refractivity contribution >= 4 is 38.9 Å². The summed E-state index contributed by atoms with van der Waals surface area (Å²) < 4.78 is 6.49. The predicted octanol–water partition coefficient (Wildman–Crippen LogP) is 3.44. The highest BCUT2D eigenvalue weighted by molar-refractivity contribution is 9.11. The second-order valence-electron chi connectivity index (χ2n) is 3.94. The molecule has 0 spiro atoms. The van der Waals surface area contributed by atoms with E-state index in [1.54, 1.807) is 16.2 Å². The number of nitrogens with zero attached hydrogens (tertiary/aromatic N) is 1. The van der Waals surface area contributed by atoms with Gasteiger partial charge in [-0.2, -0.15) is 0 Å². The van der Waals surface area contributed by atoms with Crippen molar-refractivity contribution in [1.29, 1.82) is 0 Å². The third-order valence-electron chi connectivity index (χ3n) is 2.75. The van der Waals surface area contributed by atoms with Gasteiger partial charge < -0.3 is 9.64 Å². The lowest BCUT2D eigenvalue weighted by molar-refractivity contribution is -0.121. The monoisotopic (exact) mass is 323 g/mol. The number of carbonyl (C=O) groups excluding carboxylic acids is 1. The van der Waals surface area contributed by atoms with Crippen molar-refractivity contribution in [2.24, 2.45) is 0 Å². The van der Waals surface area contributed by atoms with Crippen LogP contribution < -0.4 is 9.64 Å². The van der Waals surface area contributed by atoms with Crippen molar-refractivity contribution in [3.63, 3.8) is 0 Å². The van der Waals surface area contributed by atoms with Gasteiger partial charge in [0.2, 0.25) is 0 Å². The predicted molar refractivity (Wildman–Crippen MR) is 75.1 cm³/mol. The third-order valence-corrected chi connectivity index (χ3v) is 4.36. The van der Waals surface area contributed by atoms with Gasteiger partial charge in [-0.25, -0.2) is 0 Å². The van der Waals surface area contributed by atoms with Crippen LogP contribution in [0.2, 0.25) is 0 Å². The molecule has 5 heteroatoms. The summed E-state index contributed by atoms with van der Waals surface area (Å²) in [4.78, 5) is 14.9. The lowest BCUT2D eigenvalue weighted by atomic mass is 10.2. The zero-order chi connectivity index (χ0) is 12.5. The molecule has 0 saturated carbocycles. The number of halogens is 1. The number of rotatable bonds is 2. The molecule has 0 aliphatic carbocycles. The molecule has 0 radical (unpaired) electrons. The molecule has 0 N–H and O–H groups in total. The van der Waals surface area contributed by atoms with Crippen LogP contribution >= 0.6 is 27.3 Å². The number of fused-ring (bicyclic) bond motifs is 1. The normalized spacial score (nSPS) is 14.3. The molecule has 92 valence electrons. The number of amides is 1. The van der Waals surface area contributed by atoms with Gasteiger partial charge in [0.15, 0.2) is 6.61 Å². The molecule has 0 saturated heterocycles. The van der Waals surface area contributed by atoms with Crippen LogP contribution in [-0.4, -0.2) is 12.5 Å². The van der Waals surface area contributed by atoms with Crippen LogP contribution in [0, 0.1) is 0 Å². The summed E-state index contributed by atoms with van der Waals surface area (Å²) in [5.74, 6) is 0.769. The number of anilines is 1. The van der Waals surface area contributed by atoms with Crippen molar-refractivity contribution < 1.29 is 9.53 Å². The average molecular weight is 324 g/mol. The minimum absolute atomic E-state index is 0.00165. The number of benzene rings is 1. The summed E-state index contributed by atoms with van der Waals surface area (Å²) in [7, 11) is 0. The molecule has 3 rings (SSSR count). The summed E-state index contributed by atoms with van der Waals surface area (Å²) in [6.45, 7) is 0.707. The van der Waals surface area contributed by atoms with E-state index >= 15 is 0 Å². The number of hydrogen-bond donors (Lipinski definition) is 0. The summed E-state index contributed by atoms with van der Waals surface area (Å²) >= 11 is 5.07. The molecule has 2 aromatic rings. The van der Waals surface area contributed by atoms with Crippen molar-refractivity contribution in [2.45, 2.75) is 6.54 Å². The first kappa shape index (κ1) is 11.7. The van der Waals surface area contributed by atoms with E-state index in [1.807, 2.05) is 36.4 Å². The average Bonchev–Trinajstić information content (AvgIpc) is 2.79. The Morgan fingerprint density at radius 2 is 2.11 bits per heavy atom. The molecule has 1 amide bonds. The number of para-hydroxylation sites is 2. The highest BCUT2D eigenvalue weighted by atomic mass is 79.9. The Labute approximate surface area is 117 Å². The van der Waals surface area contributed by atoms with Crippen LogP contribution in [0.1, 0.15) is 4.88 Å². The maximum absolute atomic E-state index is 12.0. The number of thiophene rings is 1. The molecule has 1 aromatic heterocycles. The van der Waals surface area contributed by atoms with Crippen LogP contribution in [0.3, 0.4) is 0 Å². The number of ether oxygens (including phenoxy) is 1. The minimum Gasteiger partial charge on any atom is -0.482 e. The van der Waals surface area contributed by atoms with Crippen molar-refractivity contribution in [2.75, 3.05) is 11.5 Å². The molecule has 18 heavy (non-hydrogen) atoms. The Hall–Kier alpha value is -1.33. The molecule has 0 bridgehead atoms. The van der Waals surface area contributed by atoms with E-state index in [2.05, 4.69) is 15.9 Å². The Balaban J connectivity index is 1.93. The molecule has 2 heterocycles. The van der Waals surface area contributed by atoms with Gasteiger partial charge in [0.25, 0.3) is 5.91 Å². The van der Waals surface area contributed by atoms with E-state index in [4.69, 9.17) is 4.74 Å². The van der Waals surface area contributed by atoms with Crippen LogP contribution in [-0.2, 0) is 11.3 Å². The van der Waals surface area contributed by atoms with Gasteiger partial charge in [0, 0.05) is 4.88 Å². The first-order valence-corrected chi connectivity index (χ1v) is 7.11. The fourth-order valence-corrected chi connectivity index (χ4v) is 3.39. The lowest BCUT2D eigenvalue weighted by Gasteiger charge is -2.28. The van der Waals surface area contributed by atoms with Crippen LogP contribution in [0.4, 0.5) is 5.69 Å². The van der Waals surface area contributed by atoms with E-state index in [0.29, 0.717) is 6.54 Å². The first-order valence-electron chi connectivity index (χ1n) is 5.50. The zero-order valence-corrected chi connectivity index (χ0v) is 11.8. The smallest absolute Gasteiger partial charge is 0.265 e. The van der Waals surface area contributed by atoms with Crippen LogP contribution in [0.25, 0.3) is 0 Å². The molecule has 3 nitrogen and oxygen atoms in total. The second kappa shape index (κ2) is 4.74. The highest BCUT2D eigenvalue weighted by Gasteiger charge is 2.25. The topological polar surface area (TPSA) is 29.5 Å². The van der Waals surface area contributed by atoms with E-state index in [1.165, 1.54) is 0 Å². The largest absolute Gasteiger partial charge is 0.482 e. The summed E-state index contributed by atoms with van der Waals surface area (Å²) in [6, 6.07) is 11.7. The summed E-state index contributed by atoms with van der Waals surface area (Å²) in [6.07, 6.45) is 0. The molecule has 1 aliphatic rings. The summed E-state index contributed by atoms with van der Waals surface area (Å²) in [5.41, 5.74) is 0.846. The first-order chi connectivity index (χ1) is 8.74. The fraction of sp³-hybridized carbons (Fsp3) is 0.154. The van der Waals surface area contributed by atoms with Gasteiger partial charge >= 0.3 is 0 Å². The summed E-state index contributed by atoms with van der Waals surface area (Å²) in [5, 5.41) is 0. The fourth-order valence-electron chi connectivity index (χ4n) is 1.92. The van der Waals surface area contributed by atoms with Crippen molar-refractivity contribution in [3.05, 3.63) is 45.1 Å². The van der Waals surface area contributed by atoms with E-state index in [-0.39, 0.29) is 12.5 Å². The Morgan fingerprint density at radius 1 is 1.28 bits per heavy atom. The molecular formula is C13H10BrNO2S. The number of carbonyl (C=O) groups is 1. The standard InChI is InChI=1S/C13H10BrNO2S/c14-12-6-5-9(18-12)7-15-10-3-1-2-4-11(10)17-8-13(15)16/h1-6H,7-8H2. The Kier molecular flexibility index (Phi) is 3.09. The van der Waals surface area contributed by atoms with Crippen molar-refractivity contribution in [3.8, 4) is 5.75 Å². The Bertz CT molecular complexity index is 596. The Morgan fingerprint density at radius 3 is 2.89 bits per heavy atom. The SMILES string of the molecule is O=C1COc2ccccc2N1Cc1ccc(Br)s1. The van der Waals surface area contributed by atoms with Gasteiger partial charge in [-0.3, -0.25) is 4.79 Å². The van der Waals surface area contributed by atoms with Gasteiger partial charge in [-0.05, 0) is 40.2 Å². The van der Waals surface area contributed by atoms with Gasteiger partial charge in [-0.1, -0.05) is 12.1 Å². The van der Waals surface area contributed by atoms with E-state index in [0.717, 1.165) is 20.1 Å². The van der Waals surface area contributed by atoms with Crippen LogP contribution in [0.5, 0.6) is 5.75 Å².